The van der Waals surface area contributed by atoms with E-state index in [4.69, 9.17) is 5.73 Å². The number of amides is 1. The van der Waals surface area contributed by atoms with Gasteiger partial charge in [-0.25, -0.2) is 19.5 Å². The first-order valence-corrected chi connectivity index (χ1v) is 7.18. The van der Waals surface area contributed by atoms with E-state index in [0.717, 1.165) is 0 Å². The summed E-state index contributed by atoms with van der Waals surface area (Å²) in [7, 11) is 0. The molecule has 0 radical (unpaired) electrons. The molecule has 3 rings (SSSR count). The zero-order chi connectivity index (χ0) is 18.9. The Morgan fingerprint density at radius 1 is 1.31 bits per heavy atom. The summed E-state index contributed by atoms with van der Waals surface area (Å²) in [5.41, 5.74) is 6.41. The summed E-state index contributed by atoms with van der Waals surface area (Å²) in [5, 5.41) is 6.75. The fourth-order valence-corrected chi connectivity index (χ4v) is 2.02. The Hall–Kier alpha value is -3.44. The van der Waals surface area contributed by atoms with Crippen LogP contribution in [0, 0.1) is 0 Å². The molecule has 136 valence electrons. The highest BCUT2D eigenvalue weighted by molar-refractivity contribution is 5.87. The van der Waals surface area contributed by atoms with Crippen molar-refractivity contribution in [1.29, 1.82) is 0 Å². The molecular weight excluding hydrogens is 355 g/mol. The number of ether oxygens (including phenoxy) is 1. The number of anilines is 2. The number of hydrogen-bond acceptors (Lipinski definition) is 7. The summed E-state index contributed by atoms with van der Waals surface area (Å²) < 4.78 is 42.9. The second kappa shape index (κ2) is 6.46. The average Bonchev–Trinajstić information content (AvgIpc) is 2.93. The Morgan fingerprint density at radius 2 is 2.08 bits per heavy atom. The van der Waals surface area contributed by atoms with E-state index in [-0.39, 0.29) is 17.4 Å². The number of hydrogen-bond donors (Lipinski definition) is 2. The molecule has 0 fully saturated rings. The van der Waals surface area contributed by atoms with Crippen LogP contribution in [0.15, 0.2) is 24.5 Å². The van der Waals surface area contributed by atoms with Gasteiger partial charge in [0.2, 0.25) is 5.91 Å². The quantitative estimate of drug-likeness (QED) is 0.719. The largest absolute Gasteiger partial charge is 0.465 e. The Kier molecular flexibility index (Phi) is 4.32. The van der Waals surface area contributed by atoms with E-state index in [0.29, 0.717) is 17.2 Å². The first-order chi connectivity index (χ1) is 12.2. The molecule has 0 saturated heterocycles. The highest BCUT2D eigenvalue weighted by Crippen LogP contribution is 2.24. The van der Waals surface area contributed by atoms with Gasteiger partial charge in [-0.05, 0) is 12.1 Å². The molecule has 12 heteroatoms. The van der Waals surface area contributed by atoms with Crippen LogP contribution in [0.5, 0.6) is 5.88 Å². The third-order valence-electron chi connectivity index (χ3n) is 3.03. The first kappa shape index (κ1) is 17.4. The molecule has 0 spiro atoms. The van der Waals surface area contributed by atoms with Gasteiger partial charge >= 0.3 is 6.18 Å². The lowest BCUT2D eigenvalue weighted by Crippen LogP contribution is -2.20. The molecule has 0 aromatic carbocycles. The molecule has 0 unspecified atom stereocenters. The fraction of sp³-hybridized carbons (Fsp3) is 0.214. The molecule has 3 heterocycles. The number of rotatable bonds is 4. The standard InChI is InChI=1S/C14H12F3N7O2/c1-7(25)20-10-5-24-11(22-10)3-2-8(23-24)9-4-19-12(18)13(21-9)26-6-14(15,16)17/h2-5H,6H2,1H3,(H2,18,19)(H,20,25). The Morgan fingerprint density at radius 3 is 2.77 bits per heavy atom. The van der Waals surface area contributed by atoms with Crippen LogP contribution in [0.4, 0.5) is 24.8 Å². The van der Waals surface area contributed by atoms with Gasteiger partial charge < -0.3 is 15.8 Å². The minimum atomic E-state index is -4.53. The van der Waals surface area contributed by atoms with Crippen molar-refractivity contribution in [2.75, 3.05) is 17.7 Å². The second-order valence-corrected chi connectivity index (χ2v) is 5.18. The number of aromatic nitrogens is 5. The smallest absolute Gasteiger partial charge is 0.422 e. The number of carbonyl (C=O) groups excluding carboxylic acids is 1. The summed E-state index contributed by atoms with van der Waals surface area (Å²) in [6, 6.07) is 3.15. The van der Waals surface area contributed by atoms with Gasteiger partial charge in [0.15, 0.2) is 23.9 Å². The SMILES string of the molecule is CC(=O)Nc1cn2nc(-c3cnc(N)c(OCC(F)(F)F)n3)ccc2n1. The van der Waals surface area contributed by atoms with Gasteiger partial charge in [-0.2, -0.15) is 18.3 Å². The van der Waals surface area contributed by atoms with E-state index in [1.807, 2.05) is 0 Å². The highest BCUT2D eigenvalue weighted by Gasteiger charge is 2.29. The van der Waals surface area contributed by atoms with Crippen molar-refractivity contribution in [2.45, 2.75) is 13.1 Å². The molecule has 3 aromatic heterocycles. The van der Waals surface area contributed by atoms with Crippen LogP contribution in [0.25, 0.3) is 17.0 Å². The Labute approximate surface area is 144 Å². The number of nitrogens with zero attached hydrogens (tertiary/aromatic N) is 5. The molecular formula is C14H12F3N7O2. The molecule has 0 atom stereocenters. The van der Waals surface area contributed by atoms with Crippen molar-refractivity contribution < 1.29 is 22.7 Å². The summed E-state index contributed by atoms with van der Waals surface area (Å²) >= 11 is 0. The second-order valence-electron chi connectivity index (χ2n) is 5.18. The number of imidazole rings is 1. The van der Waals surface area contributed by atoms with E-state index in [2.05, 4.69) is 30.1 Å². The van der Waals surface area contributed by atoms with Gasteiger partial charge in [0, 0.05) is 6.92 Å². The molecule has 0 aliphatic rings. The van der Waals surface area contributed by atoms with E-state index >= 15 is 0 Å². The maximum Gasteiger partial charge on any atom is 0.422 e. The summed E-state index contributed by atoms with van der Waals surface area (Å²) in [4.78, 5) is 22.9. The summed E-state index contributed by atoms with van der Waals surface area (Å²) in [6.07, 6.45) is -1.79. The molecule has 3 aromatic rings. The predicted molar refractivity (Wildman–Crippen MR) is 84.3 cm³/mol. The van der Waals surface area contributed by atoms with Gasteiger partial charge in [-0.1, -0.05) is 0 Å². The topological polar surface area (TPSA) is 120 Å². The van der Waals surface area contributed by atoms with E-state index in [1.165, 1.54) is 23.8 Å². The first-order valence-electron chi connectivity index (χ1n) is 7.18. The summed E-state index contributed by atoms with van der Waals surface area (Å²) in [5.74, 6) is -0.690. The van der Waals surface area contributed by atoms with Crippen LogP contribution in [0.3, 0.4) is 0 Å². The van der Waals surface area contributed by atoms with Crippen molar-refractivity contribution in [1.82, 2.24) is 24.6 Å². The number of fused-ring (bicyclic) bond motifs is 1. The van der Waals surface area contributed by atoms with Crippen LogP contribution in [0.1, 0.15) is 6.92 Å². The van der Waals surface area contributed by atoms with Gasteiger partial charge in [0.25, 0.3) is 5.88 Å². The number of alkyl halides is 3. The number of nitrogen functional groups attached to an aromatic ring is 1. The van der Waals surface area contributed by atoms with Crippen molar-refractivity contribution in [3.05, 3.63) is 24.5 Å². The molecule has 3 N–H and O–H groups in total. The molecule has 0 aliphatic carbocycles. The third kappa shape index (κ3) is 3.96. The molecule has 9 nitrogen and oxygen atoms in total. The number of carbonyl (C=O) groups is 1. The van der Waals surface area contributed by atoms with Crippen molar-refractivity contribution in [3.8, 4) is 17.3 Å². The number of halogens is 3. The lowest BCUT2D eigenvalue weighted by molar-refractivity contribution is -0.154. The molecule has 0 saturated carbocycles. The van der Waals surface area contributed by atoms with E-state index in [1.54, 1.807) is 12.1 Å². The lowest BCUT2D eigenvalue weighted by Gasteiger charge is -2.10. The zero-order valence-corrected chi connectivity index (χ0v) is 13.3. The number of nitrogens with two attached hydrogens (primary N) is 1. The van der Waals surface area contributed by atoms with Crippen LogP contribution in [-0.4, -0.2) is 43.3 Å². The summed E-state index contributed by atoms with van der Waals surface area (Å²) in [6.45, 7) is -0.196. The maximum absolute atomic E-state index is 12.3. The Bertz CT molecular complexity index is 971. The van der Waals surface area contributed by atoms with E-state index in [9.17, 15) is 18.0 Å². The van der Waals surface area contributed by atoms with Gasteiger partial charge in [-0.3, -0.25) is 4.79 Å². The van der Waals surface area contributed by atoms with Gasteiger partial charge in [-0.15, -0.1) is 0 Å². The molecule has 26 heavy (non-hydrogen) atoms. The number of nitrogens with one attached hydrogen (secondary N) is 1. The predicted octanol–water partition coefficient (Wildman–Crippen LogP) is 1.67. The van der Waals surface area contributed by atoms with Crippen molar-refractivity contribution >= 4 is 23.2 Å². The monoisotopic (exact) mass is 367 g/mol. The fourth-order valence-electron chi connectivity index (χ4n) is 2.02. The van der Waals surface area contributed by atoms with Gasteiger partial charge in [0.1, 0.15) is 11.4 Å². The normalized spacial score (nSPS) is 11.5. The van der Waals surface area contributed by atoms with Gasteiger partial charge in [0.05, 0.1) is 12.4 Å². The molecule has 0 aliphatic heterocycles. The average molecular weight is 367 g/mol. The maximum atomic E-state index is 12.3. The highest BCUT2D eigenvalue weighted by atomic mass is 19.4. The van der Waals surface area contributed by atoms with Crippen LogP contribution in [-0.2, 0) is 4.79 Å². The Balaban J connectivity index is 1.91. The minimum absolute atomic E-state index is 0.160. The van der Waals surface area contributed by atoms with E-state index < -0.39 is 18.7 Å². The third-order valence-corrected chi connectivity index (χ3v) is 3.03. The molecule has 0 bridgehead atoms. The minimum Gasteiger partial charge on any atom is -0.465 e. The van der Waals surface area contributed by atoms with Crippen molar-refractivity contribution in [3.63, 3.8) is 0 Å². The lowest BCUT2D eigenvalue weighted by atomic mass is 10.3. The molecule has 1 amide bonds. The zero-order valence-electron chi connectivity index (χ0n) is 13.3. The van der Waals surface area contributed by atoms with Crippen LogP contribution < -0.4 is 15.8 Å². The van der Waals surface area contributed by atoms with Crippen LogP contribution in [0.2, 0.25) is 0 Å². The van der Waals surface area contributed by atoms with Crippen LogP contribution >= 0.6 is 0 Å². The van der Waals surface area contributed by atoms with Crippen molar-refractivity contribution in [2.24, 2.45) is 0 Å².